The van der Waals surface area contributed by atoms with E-state index < -0.39 is 0 Å². The molecular formula is C19H20ClNO. The number of carbonyl (C=O) groups excluding carboxylic acids is 1. The summed E-state index contributed by atoms with van der Waals surface area (Å²) in [4.78, 5) is 12.3. The zero-order valence-corrected chi connectivity index (χ0v) is 13.4. The van der Waals surface area contributed by atoms with Crippen molar-refractivity contribution in [2.75, 3.05) is 0 Å². The molecule has 1 N–H and O–H groups in total. The molecule has 0 saturated heterocycles. The molecule has 22 heavy (non-hydrogen) atoms. The number of carbonyl (C=O) groups is 1. The molecule has 0 radical (unpaired) electrons. The van der Waals surface area contributed by atoms with Gasteiger partial charge in [-0.15, -0.1) is 0 Å². The summed E-state index contributed by atoms with van der Waals surface area (Å²) in [6.45, 7) is 2.05. The summed E-state index contributed by atoms with van der Waals surface area (Å²) in [6, 6.07) is 16.0. The van der Waals surface area contributed by atoms with E-state index >= 15 is 0 Å². The summed E-state index contributed by atoms with van der Waals surface area (Å²) in [6.07, 6.45) is 2.79. The highest BCUT2D eigenvalue weighted by Gasteiger charge is 2.33. The van der Waals surface area contributed by atoms with Crippen molar-refractivity contribution in [3.8, 4) is 0 Å². The first kappa shape index (κ1) is 15.1. The van der Waals surface area contributed by atoms with Crippen LogP contribution in [0.15, 0.2) is 48.5 Å². The van der Waals surface area contributed by atoms with Gasteiger partial charge in [0, 0.05) is 5.02 Å². The molecular weight excluding hydrogens is 294 g/mol. The predicted octanol–water partition coefficient (Wildman–Crippen LogP) is 4.46. The van der Waals surface area contributed by atoms with E-state index in [0.717, 1.165) is 16.1 Å². The van der Waals surface area contributed by atoms with Gasteiger partial charge >= 0.3 is 0 Å². The van der Waals surface area contributed by atoms with Crippen molar-refractivity contribution >= 4 is 17.5 Å². The maximum Gasteiger partial charge on any atom is 0.224 e. The summed E-state index contributed by atoms with van der Waals surface area (Å²) < 4.78 is 0. The van der Waals surface area contributed by atoms with Crippen LogP contribution in [0.4, 0.5) is 0 Å². The maximum absolute atomic E-state index is 12.3. The molecule has 1 atom stereocenters. The third-order valence-electron chi connectivity index (χ3n) is 4.12. The van der Waals surface area contributed by atoms with Crippen LogP contribution in [-0.4, -0.2) is 5.91 Å². The van der Waals surface area contributed by atoms with Crippen molar-refractivity contribution in [1.29, 1.82) is 0 Å². The molecule has 0 aliphatic heterocycles. The fraction of sp³-hybridized carbons (Fsp3) is 0.316. The molecule has 1 aliphatic carbocycles. The Bertz CT molecular complexity index is 644. The number of halogens is 1. The molecule has 1 unspecified atom stereocenters. The number of hydrogen-bond donors (Lipinski definition) is 1. The lowest BCUT2D eigenvalue weighted by molar-refractivity contribution is -0.121. The molecule has 2 aromatic carbocycles. The molecule has 114 valence electrons. The molecule has 0 heterocycles. The van der Waals surface area contributed by atoms with Crippen molar-refractivity contribution in [3.63, 3.8) is 0 Å². The highest BCUT2D eigenvalue weighted by atomic mass is 35.5. The van der Waals surface area contributed by atoms with Crippen LogP contribution in [0.1, 0.15) is 35.6 Å². The molecule has 1 fully saturated rings. The van der Waals surface area contributed by atoms with Gasteiger partial charge in [-0.3, -0.25) is 4.79 Å². The minimum atomic E-state index is 0.0794. The van der Waals surface area contributed by atoms with E-state index in [-0.39, 0.29) is 11.9 Å². The second-order valence-electron chi connectivity index (χ2n) is 6.10. The molecule has 3 rings (SSSR count). The fourth-order valence-electron chi connectivity index (χ4n) is 2.69. The zero-order valence-electron chi connectivity index (χ0n) is 12.7. The minimum Gasteiger partial charge on any atom is -0.349 e. The van der Waals surface area contributed by atoms with Crippen LogP contribution in [0, 0.1) is 12.8 Å². The summed E-state index contributed by atoms with van der Waals surface area (Å²) in [5.41, 5.74) is 3.40. The number of benzene rings is 2. The van der Waals surface area contributed by atoms with Gasteiger partial charge in [-0.2, -0.15) is 0 Å². The van der Waals surface area contributed by atoms with Gasteiger partial charge in [0.2, 0.25) is 5.91 Å². The van der Waals surface area contributed by atoms with Gasteiger partial charge in [-0.05, 0) is 48.9 Å². The Morgan fingerprint density at radius 1 is 1.14 bits per heavy atom. The van der Waals surface area contributed by atoms with E-state index in [1.165, 1.54) is 18.4 Å². The topological polar surface area (TPSA) is 29.1 Å². The predicted molar refractivity (Wildman–Crippen MR) is 89.9 cm³/mol. The van der Waals surface area contributed by atoms with E-state index in [4.69, 9.17) is 11.6 Å². The van der Waals surface area contributed by atoms with Gasteiger partial charge in [0.05, 0.1) is 12.5 Å². The number of nitrogens with one attached hydrogen (secondary N) is 1. The van der Waals surface area contributed by atoms with Crippen molar-refractivity contribution in [2.24, 2.45) is 5.92 Å². The second-order valence-corrected chi connectivity index (χ2v) is 6.53. The van der Waals surface area contributed by atoms with Gasteiger partial charge < -0.3 is 5.32 Å². The first-order chi connectivity index (χ1) is 10.6. The Balaban J connectivity index is 1.67. The Kier molecular flexibility index (Phi) is 4.49. The molecule has 0 spiro atoms. The number of aryl methyl sites for hydroxylation is 1. The normalized spacial score (nSPS) is 15.4. The third kappa shape index (κ3) is 3.89. The largest absolute Gasteiger partial charge is 0.349 e. The van der Waals surface area contributed by atoms with Crippen LogP contribution < -0.4 is 5.32 Å². The zero-order chi connectivity index (χ0) is 15.5. The van der Waals surface area contributed by atoms with Gasteiger partial charge in [0.15, 0.2) is 0 Å². The molecule has 0 bridgehead atoms. The van der Waals surface area contributed by atoms with Crippen LogP contribution in [0.3, 0.4) is 0 Å². The van der Waals surface area contributed by atoms with Gasteiger partial charge in [-0.25, -0.2) is 0 Å². The van der Waals surface area contributed by atoms with Crippen molar-refractivity contribution in [2.45, 2.75) is 32.2 Å². The maximum atomic E-state index is 12.3. The van der Waals surface area contributed by atoms with Gasteiger partial charge in [-0.1, -0.05) is 53.6 Å². The Morgan fingerprint density at radius 2 is 1.77 bits per heavy atom. The molecule has 2 nitrogen and oxygen atoms in total. The highest BCUT2D eigenvalue weighted by Crippen LogP contribution is 2.41. The third-order valence-corrected chi connectivity index (χ3v) is 4.38. The molecule has 1 amide bonds. The Hall–Kier alpha value is -1.80. The Labute approximate surface area is 136 Å². The average Bonchev–Trinajstić information content (AvgIpc) is 3.33. The Morgan fingerprint density at radius 3 is 2.36 bits per heavy atom. The summed E-state index contributed by atoms with van der Waals surface area (Å²) in [7, 11) is 0. The quantitative estimate of drug-likeness (QED) is 0.867. The lowest BCUT2D eigenvalue weighted by atomic mass is 10.0. The minimum absolute atomic E-state index is 0.0794. The average molecular weight is 314 g/mol. The van der Waals surface area contributed by atoms with Crippen molar-refractivity contribution in [1.82, 2.24) is 5.32 Å². The van der Waals surface area contributed by atoms with Gasteiger partial charge in [0.25, 0.3) is 0 Å². The smallest absolute Gasteiger partial charge is 0.224 e. The van der Waals surface area contributed by atoms with E-state index in [1.54, 1.807) is 0 Å². The monoisotopic (exact) mass is 313 g/mol. The van der Waals surface area contributed by atoms with Gasteiger partial charge in [0.1, 0.15) is 0 Å². The number of amides is 1. The summed E-state index contributed by atoms with van der Waals surface area (Å²) >= 11 is 5.95. The fourth-order valence-corrected chi connectivity index (χ4v) is 2.81. The van der Waals surface area contributed by atoms with Crippen LogP contribution >= 0.6 is 11.6 Å². The molecule has 2 aromatic rings. The summed E-state index contributed by atoms with van der Waals surface area (Å²) in [5.74, 6) is 0.638. The lowest BCUT2D eigenvalue weighted by Crippen LogP contribution is -2.31. The SMILES string of the molecule is Cc1ccc(CC(=O)NC(c2ccc(Cl)cc2)C2CC2)cc1. The molecule has 1 saturated carbocycles. The standard InChI is InChI=1S/C19H20ClNO/c1-13-2-4-14(5-3-13)12-18(22)21-19(15-6-7-15)16-8-10-17(20)11-9-16/h2-5,8-11,15,19H,6-7,12H2,1H3,(H,21,22). The van der Waals surface area contributed by atoms with Crippen LogP contribution in [0.2, 0.25) is 5.02 Å². The van der Waals surface area contributed by atoms with E-state index in [2.05, 4.69) is 5.32 Å². The van der Waals surface area contributed by atoms with Crippen molar-refractivity contribution in [3.05, 3.63) is 70.2 Å². The van der Waals surface area contributed by atoms with E-state index in [9.17, 15) is 4.79 Å². The van der Waals surface area contributed by atoms with Crippen molar-refractivity contribution < 1.29 is 4.79 Å². The molecule has 3 heteroatoms. The van der Waals surface area contributed by atoms with Crippen LogP contribution in [0.25, 0.3) is 0 Å². The first-order valence-electron chi connectivity index (χ1n) is 7.72. The summed E-state index contributed by atoms with van der Waals surface area (Å²) in [5, 5.41) is 3.92. The highest BCUT2D eigenvalue weighted by molar-refractivity contribution is 6.30. The van der Waals surface area contributed by atoms with E-state index in [0.29, 0.717) is 12.3 Å². The number of hydrogen-bond acceptors (Lipinski definition) is 1. The second kappa shape index (κ2) is 6.53. The lowest BCUT2D eigenvalue weighted by Gasteiger charge is -2.19. The molecule has 1 aliphatic rings. The van der Waals surface area contributed by atoms with E-state index in [1.807, 2.05) is 55.5 Å². The van der Waals surface area contributed by atoms with Crippen LogP contribution in [0.5, 0.6) is 0 Å². The van der Waals surface area contributed by atoms with Crippen LogP contribution in [-0.2, 0) is 11.2 Å². The first-order valence-corrected chi connectivity index (χ1v) is 8.10. The number of rotatable bonds is 5. The molecule has 0 aromatic heterocycles.